The summed E-state index contributed by atoms with van der Waals surface area (Å²) in [4.78, 5) is 22.3. The number of nitro benzene ring substituents is 1. The predicted octanol–water partition coefficient (Wildman–Crippen LogP) is 3.26. The molecule has 1 heterocycles. The summed E-state index contributed by atoms with van der Waals surface area (Å²) in [5.74, 6) is -0.980. The standard InChI is InChI=1S/C13H10ClF3N4O4/c1-20-11(13(15,16)17)9(14)10(19-20)12(22)18-6-3-7(21(23)24)5-8(4-6)25-2/h3-5H,1-2H3,(H,18,22). The Hall–Kier alpha value is -2.82. The summed E-state index contributed by atoms with van der Waals surface area (Å²) in [6.45, 7) is 0. The second kappa shape index (κ2) is 6.59. The number of hydrogen-bond acceptors (Lipinski definition) is 5. The highest BCUT2D eigenvalue weighted by Gasteiger charge is 2.40. The molecule has 0 aliphatic rings. The molecule has 0 aliphatic carbocycles. The molecule has 2 aromatic rings. The number of alkyl halides is 3. The number of amides is 1. The number of carbonyl (C=O) groups is 1. The molecule has 2 rings (SSSR count). The maximum absolute atomic E-state index is 12.9. The first-order valence-electron chi connectivity index (χ1n) is 6.49. The third-order valence-corrected chi connectivity index (χ3v) is 3.43. The van der Waals surface area contributed by atoms with Crippen LogP contribution >= 0.6 is 11.6 Å². The van der Waals surface area contributed by atoms with Crippen LogP contribution in [0, 0.1) is 10.1 Å². The van der Waals surface area contributed by atoms with Gasteiger partial charge < -0.3 is 10.1 Å². The summed E-state index contributed by atoms with van der Waals surface area (Å²) in [6, 6.07) is 3.39. The quantitative estimate of drug-likeness (QED) is 0.650. The minimum Gasteiger partial charge on any atom is -0.496 e. The van der Waals surface area contributed by atoms with Crippen LogP contribution in [0.15, 0.2) is 18.2 Å². The summed E-state index contributed by atoms with van der Waals surface area (Å²) in [5, 5.41) is 15.7. The molecule has 1 aromatic heterocycles. The van der Waals surface area contributed by atoms with Gasteiger partial charge in [0.05, 0.1) is 23.8 Å². The molecule has 0 spiro atoms. The van der Waals surface area contributed by atoms with E-state index >= 15 is 0 Å². The maximum atomic E-state index is 12.9. The third kappa shape index (κ3) is 3.82. The van der Waals surface area contributed by atoms with Crippen molar-refractivity contribution in [3.8, 4) is 5.75 Å². The van der Waals surface area contributed by atoms with Crippen molar-refractivity contribution in [2.45, 2.75) is 6.18 Å². The topological polar surface area (TPSA) is 99.3 Å². The molecule has 0 aliphatic heterocycles. The van der Waals surface area contributed by atoms with Crippen LogP contribution in [0.3, 0.4) is 0 Å². The Balaban J connectivity index is 2.38. The lowest BCUT2D eigenvalue weighted by atomic mass is 10.2. The lowest BCUT2D eigenvalue weighted by Gasteiger charge is -2.07. The van der Waals surface area contributed by atoms with E-state index in [4.69, 9.17) is 16.3 Å². The second-order valence-corrected chi connectivity index (χ2v) is 5.14. The number of nitro groups is 1. The van der Waals surface area contributed by atoms with Gasteiger partial charge in [-0.3, -0.25) is 19.6 Å². The van der Waals surface area contributed by atoms with E-state index in [1.165, 1.54) is 13.2 Å². The summed E-state index contributed by atoms with van der Waals surface area (Å²) >= 11 is 5.62. The van der Waals surface area contributed by atoms with Crippen molar-refractivity contribution in [2.75, 3.05) is 12.4 Å². The van der Waals surface area contributed by atoms with Crippen LogP contribution in [-0.4, -0.2) is 27.7 Å². The molecule has 0 unspecified atom stereocenters. The molecule has 1 aromatic carbocycles. The van der Waals surface area contributed by atoms with Crippen LogP contribution in [0.5, 0.6) is 5.75 Å². The van der Waals surface area contributed by atoms with Crippen molar-refractivity contribution in [3.63, 3.8) is 0 Å². The van der Waals surface area contributed by atoms with Gasteiger partial charge in [-0.1, -0.05) is 11.6 Å². The summed E-state index contributed by atoms with van der Waals surface area (Å²) in [6.07, 6.45) is -4.80. The average molecular weight is 379 g/mol. The van der Waals surface area contributed by atoms with E-state index in [1.54, 1.807) is 0 Å². The first-order chi connectivity index (χ1) is 11.5. The Morgan fingerprint density at radius 1 is 1.40 bits per heavy atom. The van der Waals surface area contributed by atoms with Crippen molar-refractivity contribution in [3.05, 3.63) is 44.7 Å². The van der Waals surface area contributed by atoms with Crippen LogP contribution in [0.25, 0.3) is 0 Å². The molecular formula is C13H10ClF3N4O4. The minimum absolute atomic E-state index is 0.0636. The van der Waals surface area contributed by atoms with Gasteiger partial charge >= 0.3 is 6.18 Å². The van der Waals surface area contributed by atoms with E-state index in [2.05, 4.69) is 10.4 Å². The molecule has 0 saturated heterocycles. The number of halogens is 4. The van der Waals surface area contributed by atoms with E-state index in [9.17, 15) is 28.1 Å². The number of aromatic nitrogens is 2. The number of anilines is 1. The average Bonchev–Trinajstić information content (AvgIpc) is 2.81. The van der Waals surface area contributed by atoms with Crippen LogP contribution < -0.4 is 10.1 Å². The van der Waals surface area contributed by atoms with Crippen molar-refractivity contribution < 1.29 is 27.6 Å². The van der Waals surface area contributed by atoms with E-state index < -0.39 is 33.4 Å². The number of ether oxygens (including phenoxy) is 1. The van der Waals surface area contributed by atoms with Crippen LogP contribution in [0.1, 0.15) is 16.2 Å². The van der Waals surface area contributed by atoms with Gasteiger partial charge in [-0.15, -0.1) is 0 Å². The zero-order valence-corrected chi connectivity index (χ0v) is 13.5. The molecule has 0 radical (unpaired) electrons. The van der Waals surface area contributed by atoms with Gasteiger partial charge in [0, 0.05) is 19.2 Å². The normalized spacial score (nSPS) is 11.3. The highest BCUT2D eigenvalue weighted by atomic mass is 35.5. The molecular weight excluding hydrogens is 369 g/mol. The zero-order valence-electron chi connectivity index (χ0n) is 12.7. The van der Waals surface area contributed by atoms with Gasteiger partial charge in [-0.2, -0.15) is 18.3 Å². The lowest BCUT2D eigenvalue weighted by Crippen LogP contribution is -2.13. The number of methoxy groups -OCH3 is 1. The van der Waals surface area contributed by atoms with Gasteiger partial charge in [0.15, 0.2) is 11.4 Å². The van der Waals surface area contributed by atoms with Crippen molar-refractivity contribution >= 4 is 28.9 Å². The second-order valence-electron chi connectivity index (χ2n) is 4.76. The highest BCUT2D eigenvalue weighted by Crippen LogP contribution is 2.36. The molecule has 25 heavy (non-hydrogen) atoms. The van der Waals surface area contributed by atoms with Crippen LogP contribution in [0.2, 0.25) is 5.02 Å². The Kier molecular flexibility index (Phi) is 4.88. The Morgan fingerprint density at radius 3 is 2.52 bits per heavy atom. The molecule has 134 valence electrons. The summed E-state index contributed by atoms with van der Waals surface area (Å²) in [7, 11) is 2.25. The van der Waals surface area contributed by atoms with Crippen LogP contribution in [-0.2, 0) is 13.2 Å². The van der Waals surface area contributed by atoms with E-state index in [-0.39, 0.29) is 17.1 Å². The zero-order chi connectivity index (χ0) is 18.9. The monoisotopic (exact) mass is 378 g/mol. The Labute approximate surface area is 143 Å². The number of nitrogens with one attached hydrogen (secondary N) is 1. The first kappa shape index (κ1) is 18.5. The van der Waals surface area contributed by atoms with Crippen molar-refractivity contribution in [1.29, 1.82) is 0 Å². The van der Waals surface area contributed by atoms with Crippen LogP contribution in [0.4, 0.5) is 24.5 Å². The first-order valence-corrected chi connectivity index (χ1v) is 6.87. The smallest absolute Gasteiger partial charge is 0.434 e. The molecule has 0 atom stereocenters. The Morgan fingerprint density at radius 2 is 2.04 bits per heavy atom. The van der Waals surface area contributed by atoms with Gasteiger partial charge in [0.25, 0.3) is 11.6 Å². The molecule has 0 bridgehead atoms. The number of aryl methyl sites for hydroxylation is 1. The minimum atomic E-state index is -4.80. The number of non-ortho nitro benzene ring substituents is 1. The molecule has 0 saturated carbocycles. The number of carbonyl (C=O) groups excluding carboxylic acids is 1. The van der Waals surface area contributed by atoms with E-state index in [0.717, 1.165) is 19.2 Å². The van der Waals surface area contributed by atoms with E-state index in [1.807, 2.05) is 0 Å². The number of rotatable bonds is 4. The van der Waals surface area contributed by atoms with Crippen molar-refractivity contribution in [1.82, 2.24) is 9.78 Å². The maximum Gasteiger partial charge on any atom is 0.434 e. The fraction of sp³-hybridized carbons (Fsp3) is 0.231. The summed E-state index contributed by atoms with van der Waals surface area (Å²) in [5.41, 5.74) is -2.39. The van der Waals surface area contributed by atoms with Gasteiger partial charge in [-0.25, -0.2) is 0 Å². The van der Waals surface area contributed by atoms with Gasteiger partial charge in [0.1, 0.15) is 10.8 Å². The van der Waals surface area contributed by atoms with Gasteiger partial charge in [0.2, 0.25) is 0 Å². The molecule has 8 nitrogen and oxygen atoms in total. The van der Waals surface area contributed by atoms with Gasteiger partial charge in [-0.05, 0) is 0 Å². The third-order valence-electron chi connectivity index (χ3n) is 3.07. The number of nitrogens with zero attached hydrogens (tertiary/aromatic N) is 3. The number of hydrogen-bond donors (Lipinski definition) is 1. The highest BCUT2D eigenvalue weighted by molar-refractivity contribution is 6.34. The van der Waals surface area contributed by atoms with E-state index in [0.29, 0.717) is 4.68 Å². The summed E-state index contributed by atoms with van der Waals surface area (Å²) < 4.78 is 44.0. The fourth-order valence-electron chi connectivity index (χ4n) is 2.02. The lowest BCUT2D eigenvalue weighted by molar-refractivity contribution is -0.384. The number of benzene rings is 1. The predicted molar refractivity (Wildman–Crippen MR) is 80.8 cm³/mol. The fourth-order valence-corrected chi connectivity index (χ4v) is 2.37. The molecule has 1 N–H and O–H groups in total. The van der Waals surface area contributed by atoms with Crippen molar-refractivity contribution in [2.24, 2.45) is 7.05 Å². The Bertz CT molecular complexity index is 851. The molecule has 1 amide bonds. The molecule has 12 heteroatoms. The SMILES string of the molecule is COc1cc(NC(=O)c2nn(C)c(C(F)(F)F)c2Cl)cc([N+](=O)[O-])c1. The largest absolute Gasteiger partial charge is 0.496 e. The molecule has 0 fully saturated rings.